The van der Waals surface area contributed by atoms with Crippen molar-refractivity contribution in [2.24, 2.45) is 0 Å². The molecule has 2 nitrogen and oxygen atoms in total. The summed E-state index contributed by atoms with van der Waals surface area (Å²) in [5.74, 6) is 0. The molecule has 1 aliphatic rings. The van der Waals surface area contributed by atoms with Crippen LogP contribution in [0, 0.1) is 0 Å². The Morgan fingerprint density at radius 1 is 1.07 bits per heavy atom. The van der Waals surface area contributed by atoms with Crippen molar-refractivity contribution in [1.29, 1.82) is 0 Å². The van der Waals surface area contributed by atoms with Gasteiger partial charge in [0.15, 0.2) is 0 Å². The van der Waals surface area contributed by atoms with Crippen molar-refractivity contribution >= 4 is 0 Å². The van der Waals surface area contributed by atoms with Crippen LogP contribution >= 0.6 is 0 Å². The SMILES string of the molecule is C=C(C)NC1=C(C(=C)NC(CC)c2ccc(CC)c(CCC)c2)C(C(=C)C)=CC1. The summed E-state index contributed by atoms with van der Waals surface area (Å²) < 4.78 is 0. The molecule has 0 saturated heterocycles. The number of allylic oxidation sites excluding steroid dienone is 4. The Morgan fingerprint density at radius 2 is 1.79 bits per heavy atom. The van der Waals surface area contributed by atoms with Crippen LogP contribution in [-0.2, 0) is 12.8 Å². The molecule has 2 rings (SSSR count). The second kappa shape index (κ2) is 10.3. The molecular weight excluding hydrogens is 352 g/mol. The van der Waals surface area contributed by atoms with Gasteiger partial charge >= 0.3 is 0 Å². The molecule has 0 radical (unpaired) electrons. The van der Waals surface area contributed by atoms with E-state index in [9.17, 15) is 0 Å². The predicted octanol–water partition coefficient (Wildman–Crippen LogP) is 7.04. The van der Waals surface area contributed by atoms with Crippen LogP contribution in [-0.4, -0.2) is 0 Å². The Morgan fingerprint density at radius 3 is 2.34 bits per heavy atom. The molecule has 0 amide bonds. The highest BCUT2D eigenvalue weighted by Crippen LogP contribution is 2.34. The summed E-state index contributed by atoms with van der Waals surface area (Å²) in [7, 11) is 0. The monoisotopic (exact) mass is 390 g/mol. The van der Waals surface area contributed by atoms with Gasteiger partial charge in [0.1, 0.15) is 0 Å². The van der Waals surface area contributed by atoms with E-state index in [1.54, 1.807) is 0 Å². The molecule has 1 unspecified atom stereocenters. The molecular formula is C27H38N2. The zero-order valence-electron chi connectivity index (χ0n) is 19.0. The Bertz CT molecular complexity index is 851. The summed E-state index contributed by atoms with van der Waals surface area (Å²) in [6.45, 7) is 23.3. The van der Waals surface area contributed by atoms with E-state index < -0.39 is 0 Å². The van der Waals surface area contributed by atoms with Crippen molar-refractivity contribution in [2.75, 3.05) is 0 Å². The number of hydrogen-bond acceptors (Lipinski definition) is 2. The molecule has 0 aromatic heterocycles. The number of aryl methyl sites for hydroxylation is 2. The number of rotatable bonds is 11. The summed E-state index contributed by atoms with van der Waals surface area (Å²) in [6, 6.07) is 7.20. The maximum Gasteiger partial charge on any atom is 0.0511 e. The van der Waals surface area contributed by atoms with Gasteiger partial charge in [0.2, 0.25) is 0 Å². The Labute approximate surface area is 178 Å². The van der Waals surface area contributed by atoms with E-state index in [0.717, 1.165) is 53.9 Å². The lowest BCUT2D eigenvalue weighted by molar-refractivity contribution is 0.583. The van der Waals surface area contributed by atoms with Gasteiger partial charge in [0.25, 0.3) is 0 Å². The van der Waals surface area contributed by atoms with Crippen LogP contribution in [0.2, 0.25) is 0 Å². The smallest absolute Gasteiger partial charge is 0.0511 e. The molecule has 0 heterocycles. The second-order valence-electron chi connectivity index (χ2n) is 8.08. The van der Waals surface area contributed by atoms with Crippen LogP contribution in [0.25, 0.3) is 0 Å². The molecule has 1 atom stereocenters. The van der Waals surface area contributed by atoms with Gasteiger partial charge < -0.3 is 10.6 Å². The minimum absolute atomic E-state index is 0.231. The van der Waals surface area contributed by atoms with Crippen LogP contribution in [0.5, 0.6) is 0 Å². The Balaban J connectivity index is 2.33. The first-order chi connectivity index (χ1) is 13.8. The van der Waals surface area contributed by atoms with E-state index in [0.29, 0.717) is 0 Å². The lowest BCUT2D eigenvalue weighted by atomic mass is 9.93. The molecule has 0 bridgehead atoms. The average molecular weight is 391 g/mol. The molecule has 0 spiro atoms. The van der Waals surface area contributed by atoms with Crippen molar-refractivity contribution in [2.45, 2.75) is 72.8 Å². The van der Waals surface area contributed by atoms with Gasteiger partial charge in [-0.15, -0.1) is 0 Å². The molecule has 0 saturated carbocycles. The van der Waals surface area contributed by atoms with Crippen molar-refractivity contribution < 1.29 is 0 Å². The number of hydrogen-bond donors (Lipinski definition) is 2. The normalized spacial score (nSPS) is 14.4. The summed E-state index contributed by atoms with van der Waals surface area (Å²) in [5.41, 5.74) is 10.7. The lowest BCUT2D eigenvalue weighted by Gasteiger charge is -2.24. The lowest BCUT2D eigenvalue weighted by Crippen LogP contribution is -2.23. The third kappa shape index (κ3) is 5.53. The van der Waals surface area contributed by atoms with Gasteiger partial charge in [0.05, 0.1) is 6.04 Å². The van der Waals surface area contributed by atoms with Crippen LogP contribution in [0.3, 0.4) is 0 Å². The second-order valence-corrected chi connectivity index (χ2v) is 8.08. The van der Waals surface area contributed by atoms with Crippen LogP contribution < -0.4 is 10.6 Å². The predicted molar refractivity (Wildman–Crippen MR) is 128 cm³/mol. The first-order valence-corrected chi connectivity index (χ1v) is 10.9. The molecule has 29 heavy (non-hydrogen) atoms. The van der Waals surface area contributed by atoms with E-state index in [2.05, 4.69) is 82.3 Å². The maximum absolute atomic E-state index is 4.41. The fourth-order valence-corrected chi connectivity index (χ4v) is 4.09. The fraction of sp³-hybridized carbons (Fsp3) is 0.407. The average Bonchev–Trinajstić information content (AvgIpc) is 3.09. The highest BCUT2D eigenvalue weighted by molar-refractivity contribution is 5.60. The van der Waals surface area contributed by atoms with Crippen LogP contribution in [0.1, 0.15) is 76.6 Å². The van der Waals surface area contributed by atoms with E-state index in [1.165, 1.54) is 28.7 Å². The van der Waals surface area contributed by atoms with E-state index in [-0.39, 0.29) is 6.04 Å². The summed E-state index contributed by atoms with van der Waals surface area (Å²) in [6.07, 6.45) is 7.47. The maximum atomic E-state index is 4.41. The summed E-state index contributed by atoms with van der Waals surface area (Å²) >= 11 is 0. The third-order valence-electron chi connectivity index (χ3n) is 5.50. The molecule has 2 heteroatoms. The van der Waals surface area contributed by atoms with Crippen molar-refractivity contribution in [3.63, 3.8) is 0 Å². The molecule has 1 aromatic carbocycles. The highest BCUT2D eigenvalue weighted by atomic mass is 15.0. The van der Waals surface area contributed by atoms with Crippen molar-refractivity contribution in [3.8, 4) is 0 Å². The molecule has 2 N–H and O–H groups in total. The quantitative estimate of drug-likeness (QED) is 0.423. The first-order valence-electron chi connectivity index (χ1n) is 10.9. The highest BCUT2D eigenvalue weighted by Gasteiger charge is 2.23. The summed E-state index contributed by atoms with van der Waals surface area (Å²) in [4.78, 5) is 0. The van der Waals surface area contributed by atoms with Gasteiger partial charge in [-0.05, 0) is 55.4 Å². The molecule has 156 valence electrons. The third-order valence-corrected chi connectivity index (χ3v) is 5.50. The zero-order chi connectivity index (χ0) is 21.6. The Hall–Kier alpha value is -2.48. The molecule has 1 aromatic rings. The van der Waals surface area contributed by atoms with Gasteiger partial charge in [-0.25, -0.2) is 0 Å². The first kappa shape index (κ1) is 22.8. The van der Waals surface area contributed by atoms with Crippen molar-refractivity contribution in [1.82, 2.24) is 10.6 Å². The molecule has 1 aliphatic carbocycles. The van der Waals surface area contributed by atoms with E-state index >= 15 is 0 Å². The fourth-order valence-electron chi connectivity index (χ4n) is 4.09. The van der Waals surface area contributed by atoms with Gasteiger partial charge in [-0.1, -0.05) is 76.8 Å². The Kier molecular flexibility index (Phi) is 8.13. The number of benzene rings is 1. The minimum Gasteiger partial charge on any atom is -0.378 e. The van der Waals surface area contributed by atoms with Crippen molar-refractivity contribution in [3.05, 3.63) is 94.5 Å². The molecule has 0 fully saturated rings. The van der Waals surface area contributed by atoms with Crippen LogP contribution in [0.4, 0.5) is 0 Å². The van der Waals surface area contributed by atoms with Crippen LogP contribution in [0.15, 0.2) is 77.8 Å². The summed E-state index contributed by atoms with van der Waals surface area (Å²) in [5, 5.41) is 7.14. The standard InChI is InChI=1S/C27H38N2/c1-9-12-22-17-23(14-13-21(22)10-2)25(11-3)29-20(8)27-24(18(4)5)15-16-26(27)28-19(6)7/h13-15,17,25,28-29H,4,6,8-12,16H2,1-3,5,7H3. The largest absolute Gasteiger partial charge is 0.378 e. The van der Waals surface area contributed by atoms with E-state index in [1.807, 2.05) is 6.92 Å². The van der Waals surface area contributed by atoms with Gasteiger partial charge in [-0.3, -0.25) is 0 Å². The molecule has 0 aliphatic heterocycles. The van der Waals surface area contributed by atoms with Gasteiger partial charge in [-0.2, -0.15) is 0 Å². The van der Waals surface area contributed by atoms with Gasteiger partial charge in [0, 0.05) is 29.1 Å². The minimum atomic E-state index is 0.231. The van der Waals surface area contributed by atoms with E-state index in [4.69, 9.17) is 0 Å². The topological polar surface area (TPSA) is 24.1 Å². The number of nitrogens with one attached hydrogen (secondary N) is 2. The zero-order valence-corrected chi connectivity index (χ0v) is 19.0.